The minimum Gasteiger partial charge on any atom is -0.352 e. The third-order valence-electron chi connectivity index (χ3n) is 3.15. The zero-order valence-electron chi connectivity index (χ0n) is 11.4. The Morgan fingerprint density at radius 2 is 1.95 bits per heavy atom. The van der Waals surface area contributed by atoms with Crippen LogP contribution in [-0.4, -0.2) is 12.5 Å². The summed E-state index contributed by atoms with van der Waals surface area (Å²) in [5.41, 5.74) is 7.29. The van der Waals surface area contributed by atoms with E-state index in [0.29, 0.717) is 13.0 Å². The molecule has 2 rings (SSSR count). The van der Waals surface area contributed by atoms with E-state index in [1.807, 2.05) is 30.3 Å². The van der Waals surface area contributed by atoms with Crippen molar-refractivity contribution in [2.75, 3.05) is 6.54 Å². The number of halogens is 2. The van der Waals surface area contributed by atoms with Crippen molar-refractivity contribution < 1.29 is 9.18 Å². The lowest BCUT2D eigenvalue weighted by Crippen LogP contribution is -2.27. The molecule has 0 saturated carbocycles. The van der Waals surface area contributed by atoms with Gasteiger partial charge in [-0.05, 0) is 30.2 Å². The molecule has 2 aromatic rings. The standard InChI is InChI=1S/C16H16ClFN2O/c17-13-7-6-12(10-14(13)18)16(21)20-9-8-15(19)11-4-2-1-3-5-11/h1-7,10,15H,8-9,19H2,(H,20,21). The first-order valence-electron chi connectivity index (χ1n) is 6.61. The smallest absolute Gasteiger partial charge is 0.251 e. The number of carbonyl (C=O) groups is 1. The van der Waals surface area contributed by atoms with Gasteiger partial charge in [0, 0.05) is 18.2 Å². The number of hydrogen-bond donors (Lipinski definition) is 2. The molecule has 5 heteroatoms. The molecule has 0 aliphatic heterocycles. The normalized spacial score (nSPS) is 12.0. The van der Waals surface area contributed by atoms with Crippen LogP contribution in [-0.2, 0) is 0 Å². The SMILES string of the molecule is NC(CCNC(=O)c1ccc(Cl)c(F)c1)c1ccccc1. The highest BCUT2D eigenvalue weighted by atomic mass is 35.5. The second-order valence-electron chi connectivity index (χ2n) is 4.69. The maximum Gasteiger partial charge on any atom is 0.251 e. The van der Waals surface area contributed by atoms with Gasteiger partial charge in [-0.3, -0.25) is 4.79 Å². The van der Waals surface area contributed by atoms with Crippen LogP contribution in [0.5, 0.6) is 0 Å². The maximum absolute atomic E-state index is 13.3. The average Bonchev–Trinajstić information content (AvgIpc) is 2.50. The Kier molecular flexibility index (Phi) is 5.31. The third kappa shape index (κ3) is 4.28. The van der Waals surface area contributed by atoms with Crippen LogP contribution in [0.2, 0.25) is 5.02 Å². The Morgan fingerprint density at radius 3 is 2.62 bits per heavy atom. The molecule has 2 aromatic carbocycles. The summed E-state index contributed by atoms with van der Waals surface area (Å²) in [6, 6.07) is 13.5. The van der Waals surface area contributed by atoms with E-state index < -0.39 is 5.82 Å². The lowest BCUT2D eigenvalue weighted by atomic mass is 10.1. The molecule has 0 radical (unpaired) electrons. The molecular weight excluding hydrogens is 291 g/mol. The third-order valence-corrected chi connectivity index (χ3v) is 3.46. The number of nitrogens with one attached hydrogen (secondary N) is 1. The molecule has 0 aliphatic rings. The van der Waals surface area contributed by atoms with Crippen molar-refractivity contribution in [2.45, 2.75) is 12.5 Å². The molecule has 0 fully saturated rings. The number of nitrogens with two attached hydrogens (primary N) is 1. The first-order valence-corrected chi connectivity index (χ1v) is 6.99. The van der Waals surface area contributed by atoms with E-state index in [4.69, 9.17) is 17.3 Å². The van der Waals surface area contributed by atoms with E-state index in [1.54, 1.807) is 0 Å². The first-order chi connectivity index (χ1) is 10.1. The number of amides is 1. The van der Waals surface area contributed by atoms with Gasteiger partial charge in [0.1, 0.15) is 5.82 Å². The van der Waals surface area contributed by atoms with E-state index >= 15 is 0 Å². The second kappa shape index (κ2) is 7.20. The summed E-state index contributed by atoms with van der Waals surface area (Å²) in [6.45, 7) is 0.416. The van der Waals surface area contributed by atoms with E-state index in [0.717, 1.165) is 11.6 Å². The summed E-state index contributed by atoms with van der Waals surface area (Å²) >= 11 is 5.58. The summed E-state index contributed by atoms with van der Waals surface area (Å²) in [6.07, 6.45) is 0.603. The molecule has 0 aliphatic carbocycles. The van der Waals surface area contributed by atoms with E-state index in [2.05, 4.69) is 5.32 Å². The molecule has 1 amide bonds. The minimum absolute atomic E-state index is 0.00218. The molecule has 21 heavy (non-hydrogen) atoms. The highest BCUT2D eigenvalue weighted by Gasteiger charge is 2.10. The number of hydrogen-bond acceptors (Lipinski definition) is 2. The lowest BCUT2D eigenvalue weighted by molar-refractivity contribution is 0.0952. The number of carbonyl (C=O) groups excluding carboxylic acids is 1. The van der Waals surface area contributed by atoms with Crippen LogP contribution in [0.3, 0.4) is 0 Å². The summed E-state index contributed by atoms with van der Waals surface area (Å²) in [4.78, 5) is 11.9. The van der Waals surface area contributed by atoms with Gasteiger partial charge in [-0.25, -0.2) is 4.39 Å². The van der Waals surface area contributed by atoms with Gasteiger partial charge in [-0.1, -0.05) is 41.9 Å². The van der Waals surface area contributed by atoms with Crippen LogP contribution in [0.15, 0.2) is 48.5 Å². The maximum atomic E-state index is 13.3. The molecule has 1 unspecified atom stereocenters. The summed E-state index contributed by atoms with van der Waals surface area (Å²) < 4.78 is 13.3. The zero-order valence-corrected chi connectivity index (χ0v) is 12.1. The molecule has 0 aromatic heterocycles. The van der Waals surface area contributed by atoms with Crippen LogP contribution in [0.25, 0.3) is 0 Å². The van der Waals surface area contributed by atoms with Gasteiger partial charge in [0.15, 0.2) is 0 Å². The molecule has 0 spiro atoms. The van der Waals surface area contributed by atoms with Crippen molar-refractivity contribution in [1.82, 2.24) is 5.32 Å². The average molecular weight is 307 g/mol. The predicted octanol–water partition coefficient (Wildman–Crippen LogP) is 3.30. The van der Waals surface area contributed by atoms with Crippen molar-refractivity contribution in [3.63, 3.8) is 0 Å². The van der Waals surface area contributed by atoms with Gasteiger partial charge in [0.05, 0.1) is 5.02 Å². The quantitative estimate of drug-likeness (QED) is 0.890. The number of benzene rings is 2. The van der Waals surface area contributed by atoms with Crippen molar-refractivity contribution in [2.24, 2.45) is 5.73 Å². The van der Waals surface area contributed by atoms with Gasteiger partial charge >= 0.3 is 0 Å². The van der Waals surface area contributed by atoms with Crippen LogP contribution in [0, 0.1) is 5.82 Å². The van der Waals surface area contributed by atoms with E-state index in [-0.39, 0.29) is 22.5 Å². The van der Waals surface area contributed by atoms with E-state index in [9.17, 15) is 9.18 Å². The van der Waals surface area contributed by atoms with Gasteiger partial charge in [0.25, 0.3) is 5.91 Å². The second-order valence-corrected chi connectivity index (χ2v) is 5.10. The molecule has 110 valence electrons. The van der Waals surface area contributed by atoms with Crippen molar-refractivity contribution >= 4 is 17.5 Å². The Bertz CT molecular complexity index is 619. The van der Waals surface area contributed by atoms with Crippen LogP contribution in [0.1, 0.15) is 28.4 Å². The predicted molar refractivity (Wildman–Crippen MR) is 81.7 cm³/mol. The minimum atomic E-state index is -0.606. The molecule has 0 heterocycles. The fourth-order valence-electron chi connectivity index (χ4n) is 1.95. The highest BCUT2D eigenvalue weighted by Crippen LogP contribution is 2.16. The fraction of sp³-hybridized carbons (Fsp3) is 0.188. The van der Waals surface area contributed by atoms with Crippen molar-refractivity contribution in [3.05, 3.63) is 70.5 Å². The highest BCUT2D eigenvalue weighted by molar-refractivity contribution is 6.30. The first kappa shape index (κ1) is 15.5. The molecule has 3 nitrogen and oxygen atoms in total. The summed E-state index contributed by atoms with van der Waals surface area (Å²) in [7, 11) is 0. The van der Waals surface area contributed by atoms with Crippen molar-refractivity contribution in [3.8, 4) is 0 Å². The van der Waals surface area contributed by atoms with Crippen LogP contribution < -0.4 is 11.1 Å². The summed E-state index contributed by atoms with van der Waals surface area (Å²) in [5.74, 6) is -0.948. The van der Waals surface area contributed by atoms with E-state index in [1.165, 1.54) is 12.1 Å². The Balaban J connectivity index is 1.85. The van der Waals surface area contributed by atoms with Gasteiger partial charge < -0.3 is 11.1 Å². The lowest BCUT2D eigenvalue weighted by Gasteiger charge is -2.12. The van der Waals surface area contributed by atoms with Gasteiger partial charge in [-0.15, -0.1) is 0 Å². The largest absolute Gasteiger partial charge is 0.352 e. The Hall–Kier alpha value is -1.91. The topological polar surface area (TPSA) is 55.1 Å². The van der Waals surface area contributed by atoms with Gasteiger partial charge in [-0.2, -0.15) is 0 Å². The van der Waals surface area contributed by atoms with Crippen molar-refractivity contribution in [1.29, 1.82) is 0 Å². The van der Waals surface area contributed by atoms with Crippen LogP contribution in [0.4, 0.5) is 4.39 Å². The fourth-order valence-corrected chi connectivity index (χ4v) is 2.07. The zero-order chi connectivity index (χ0) is 15.2. The van der Waals surface area contributed by atoms with Gasteiger partial charge in [0.2, 0.25) is 0 Å². The Morgan fingerprint density at radius 1 is 1.24 bits per heavy atom. The monoisotopic (exact) mass is 306 g/mol. The molecular formula is C16H16ClFN2O. The molecule has 0 bridgehead atoms. The summed E-state index contributed by atoms with van der Waals surface area (Å²) in [5, 5.41) is 2.72. The number of rotatable bonds is 5. The Labute approximate surface area is 127 Å². The van der Waals surface area contributed by atoms with Crippen LogP contribution >= 0.6 is 11.6 Å². The molecule has 0 saturated heterocycles. The molecule has 1 atom stereocenters. The molecule has 3 N–H and O–H groups in total.